The van der Waals surface area contributed by atoms with Crippen molar-refractivity contribution in [3.8, 4) is 22.8 Å². The molecular formula is C18H17N7. The van der Waals surface area contributed by atoms with Gasteiger partial charge in [-0.05, 0) is 41.7 Å². The third-order valence-corrected chi connectivity index (χ3v) is 4.12. The van der Waals surface area contributed by atoms with Crippen molar-refractivity contribution in [2.75, 3.05) is 0 Å². The Labute approximate surface area is 144 Å². The van der Waals surface area contributed by atoms with Crippen LogP contribution in [0.15, 0.2) is 55.1 Å². The molecule has 0 amide bonds. The summed E-state index contributed by atoms with van der Waals surface area (Å²) >= 11 is 0. The molecule has 3 aromatic heterocycles. The van der Waals surface area contributed by atoms with Gasteiger partial charge in [0.25, 0.3) is 0 Å². The number of pyridine rings is 1. The highest BCUT2D eigenvalue weighted by molar-refractivity contribution is 5.70. The molecule has 2 N–H and O–H groups in total. The first-order valence-electron chi connectivity index (χ1n) is 8.16. The van der Waals surface area contributed by atoms with E-state index in [1.165, 1.54) is 5.56 Å². The normalized spacial score (nSPS) is 10.9. The molecule has 0 radical (unpaired) electrons. The van der Waals surface area contributed by atoms with E-state index in [0.717, 1.165) is 41.8 Å². The van der Waals surface area contributed by atoms with Crippen molar-refractivity contribution in [3.63, 3.8) is 0 Å². The summed E-state index contributed by atoms with van der Waals surface area (Å²) in [7, 11) is 0. The quantitative estimate of drug-likeness (QED) is 0.566. The van der Waals surface area contributed by atoms with Crippen LogP contribution in [0.2, 0.25) is 0 Å². The topological polar surface area (TPSA) is 96.0 Å². The molecular weight excluding hydrogens is 314 g/mol. The van der Waals surface area contributed by atoms with Gasteiger partial charge in [-0.1, -0.05) is 30.3 Å². The smallest absolute Gasteiger partial charge is 0.205 e. The van der Waals surface area contributed by atoms with E-state index < -0.39 is 0 Å². The Kier molecular flexibility index (Phi) is 4.28. The summed E-state index contributed by atoms with van der Waals surface area (Å²) in [6.07, 6.45) is 8.12. The minimum absolute atomic E-state index is 0.578. The predicted octanol–water partition coefficient (Wildman–Crippen LogP) is 2.83. The Balaban J connectivity index is 1.66. The summed E-state index contributed by atoms with van der Waals surface area (Å²) in [6.45, 7) is 0. The summed E-state index contributed by atoms with van der Waals surface area (Å²) in [5.41, 5.74) is 5.03. The lowest BCUT2D eigenvalue weighted by Crippen LogP contribution is -2.00. The molecule has 0 saturated carbocycles. The van der Waals surface area contributed by atoms with Gasteiger partial charge in [0.1, 0.15) is 5.69 Å². The zero-order valence-corrected chi connectivity index (χ0v) is 13.6. The second-order valence-electron chi connectivity index (χ2n) is 5.71. The van der Waals surface area contributed by atoms with Gasteiger partial charge < -0.3 is 4.98 Å². The molecule has 124 valence electrons. The Morgan fingerprint density at radius 1 is 0.960 bits per heavy atom. The first kappa shape index (κ1) is 15.2. The van der Waals surface area contributed by atoms with Gasteiger partial charge in [0.15, 0.2) is 0 Å². The van der Waals surface area contributed by atoms with Crippen LogP contribution < -0.4 is 0 Å². The lowest BCUT2D eigenvalue weighted by molar-refractivity contribution is 0.818. The van der Waals surface area contributed by atoms with Gasteiger partial charge in [-0.2, -0.15) is 5.21 Å². The number of imidazole rings is 1. The molecule has 4 rings (SSSR count). The van der Waals surface area contributed by atoms with Crippen LogP contribution >= 0.6 is 0 Å². The SMILES string of the molecule is c1ccc(CCCc2c(-c3nn[nH]n3)ccnc2-c2c[nH]cn2)cc1. The number of nitrogens with zero attached hydrogens (tertiary/aromatic N) is 5. The van der Waals surface area contributed by atoms with Crippen molar-refractivity contribution in [1.29, 1.82) is 0 Å². The standard InChI is InChI=1S/C18H17N7/c1-2-5-13(6-3-1)7-4-8-14-15(18-22-24-25-23-18)9-10-20-17(14)16-11-19-12-21-16/h1-3,5-6,9-12H,4,7-8H2,(H,19,21)(H,22,23,24,25). The van der Waals surface area contributed by atoms with Crippen molar-refractivity contribution >= 4 is 0 Å². The molecule has 0 atom stereocenters. The van der Waals surface area contributed by atoms with Crippen molar-refractivity contribution in [1.82, 2.24) is 35.6 Å². The average Bonchev–Trinajstić information content (AvgIpc) is 3.37. The second-order valence-corrected chi connectivity index (χ2v) is 5.71. The van der Waals surface area contributed by atoms with Crippen LogP contribution in [0.25, 0.3) is 22.8 Å². The fraction of sp³-hybridized carbons (Fsp3) is 0.167. The van der Waals surface area contributed by atoms with Gasteiger partial charge in [0.2, 0.25) is 5.82 Å². The van der Waals surface area contributed by atoms with Crippen molar-refractivity contribution in [2.24, 2.45) is 0 Å². The van der Waals surface area contributed by atoms with Gasteiger partial charge in [-0.15, -0.1) is 10.2 Å². The minimum atomic E-state index is 0.578. The molecule has 0 unspecified atom stereocenters. The Hall–Kier alpha value is -3.35. The average molecular weight is 331 g/mol. The van der Waals surface area contributed by atoms with E-state index in [1.807, 2.05) is 18.3 Å². The molecule has 0 spiro atoms. The molecule has 0 aliphatic carbocycles. The Morgan fingerprint density at radius 3 is 2.64 bits per heavy atom. The van der Waals surface area contributed by atoms with Crippen molar-refractivity contribution in [3.05, 3.63) is 66.2 Å². The number of nitrogens with one attached hydrogen (secondary N) is 2. The molecule has 7 heteroatoms. The van der Waals surface area contributed by atoms with Crippen LogP contribution in [0.4, 0.5) is 0 Å². The highest BCUT2D eigenvalue weighted by atomic mass is 15.5. The molecule has 0 bridgehead atoms. The fourth-order valence-corrected chi connectivity index (χ4v) is 2.96. The van der Waals surface area contributed by atoms with Crippen LogP contribution in [-0.4, -0.2) is 35.6 Å². The first-order valence-corrected chi connectivity index (χ1v) is 8.16. The molecule has 0 aliphatic heterocycles. The number of aryl methyl sites for hydroxylation is 1. The lowest BCUT2D eigenvalue weighted by atomic mass is 9.97. The zero-order valence-electron chi connectivity index (χ0n) is 13.6. The first-order chi connectivity index (χ1) is 12.4. The van der Waals surface area contributed by atoms with E-state index in [9.17, 15) is 0 Å². The largest absolute Gasteiger partial charge is 0.351 e. The number of hydrogen-bond donors (Lipinski definition) is 2. The summed E-state index contributed by atoms with van der Waals surface area (Å²) < 4.78 is 0. The highest BCUT2D eigenvalue weighted by Crippen LogP contribution is 2.29. The number of tetrazole rings is 1. The summed E-state index contributed by atoms with van der Waals surface area (Å²) in [5.74, 6) is 0.578. The van der Waals surface area contributed by atoms with Gasteiger partial charge in [0, 0.05) is 18.0 Å². The van der Waals surface area contributed by atoms with Crippen molar-refractivity contribution in [2.45, 2.75) is 19.3 Å². The van der Waals surface area contributed by atoms with Crippen LogP contribution in [-0.2, 0) is 12.8 Å². The monoisotopic (exact) mass is 331 g/mol. The van der Waals surface area contributed by atoms with Gasteiger partial charge in [-0.25, -0.2) is 4.98 Å². The number of rotatable bonds is 6. The molecule has 4 aromatic rings. The number of aromatic nitrogens is 7. The van der Waals surface area contributed by atoms with E-state index in [-0.39, 0.29) is 0 Å². The van der Waals surface area contributed by atoms with E-state index in [2.05, 4.69) is 59.8 Å². The summed E-state index contributed by atoms with van der Waals surface area (Å²) in [6, 6.07) is 12.4. The molecule has 1 aromatic carbocycles. The summed E-state index contributed by atoms with van der Waals surface area (Å²) in [4.78, 5) is 11.9. The summed E-state index contributed by atoms with van der Waals surface area (Å²) in [5, 5.41) is 14.5. The molecule has 0 aliphatic rings. The highest BCUT2D eigenvalue weighted by Gasteiger charge is 2.16. The van der Waals surface area contributed by atoms with Gasteiger partial charge >= 0.3 is 0 Å². The van der Waals surface area contributed by atoms with Crippen LogP contribution in [0, 0.1) is 0 Å². The van der Waals surface area contributed by atoms with Crippen molar-refractivity contribution < 1.29 is 0 Å². The number of H-pyrrole nitrogens is 2. The molecule has 0 saturated heterocycles. The van der Waals surface area contributed by atoms with Crippen LogP contribution in [0.5, 0.6) is 0 Å². The number of hydrogen-bond acceptors (Lipinski definition) is 5. The third kappa shape index (κ3) is 3.30. The van der Waals surface area contributed by atoms with Crippen LogP contribution in [0.1, 0.15) is 17.5 Å². The molecule has 7 nitrogen and oxygen atoms in total. The molecule has 0 fully saturated rings. The molecule has 3 heterocycles. The second kappa shape index (κ2) is 7.04. The maximum atomic E-state index is 4.55. The minimum Gasteiger partial charge on any atom is -0.351 e. The molecule has 25 heavy (non-hydrogen) atoms. The predicted molar refractivity (Wildman–Crippen MR) is 93.5 cm³/mol. The maximum absolute atomic E-state index is 4.55. The van der Waals surface area contributed by atoms with E-state index >= 15 is 0 Å². The number of benzene rings is 1. The van der Waals surface area contributed by atoms with Crippen LogP contribution in [0.3, 0.4) is 0 Å². The van der Waals surface area contributed by atoms with E-state index in [0.29, 0.717) is 5.82 Å². The number of aromatic amines is 2. The Bertz CT molecular complexity index is 863. The third-order valence-electron chi connectivity index (χ3n) is 4.12. The maximum Gasteiger partial charge on any atom is 0.205 e. The van der Waals surface area contributed by atoms with Gasteiger partial charge in [0.05, 0.1) is 12.0 Å². The lowest BCUT2D eigenvalue weighted by Gasteiger charge is -2.11. The fourth-order valence-electron chi connectivity index (χ4n) is 2.96. The van der Waals surface area contributed by atoms with Gasteiger partial charge in [-0.3, -0.25) is 4.98 Å². The Morgan fingerprint density at radius 2 is 1.88 bits per heavy atom. The zero-order chi connectivity index (χ0) is 16.9. The van der Waals surface area contributed by atoms with E-state index in [4.69, 9.17) is 0 Å². The van der Waals surface area contributed by atoms with E-state index in [1.54, 1.807) is 12.5 Å².